The van der Waals surface area contributed by atoms with Gasteiger partial charge >= 0.3 is 17.1 Å². The van der Waals surface area contributed by atoms with Crippen molar-refractivity contribution < 1.29 is 17.1 Å². The molecule has 0 radical (unpaired) electrons. The number of hydrogen-bond acceptors (Lipinski definition) is 0. The molecular formula is C14H16Fe. The van der Waals surface area contributed by atoms with Crippen LogP contribution in [0.15, 0.2) is 60.7 Å². The third kappa shape index (κ3) is 6.96. The summed E-state index contributed by atoms with van der Waals surface area (Å²) in [6.45, 7) is 2.14. The third-order valence-corrected chi connectivity index (χ3v) is 1.79. The van der Waals surface area contributed by atoms with E-state index in [1.54, 1.807) is 0 Å². The van der Waals surface area contributed by atoms with Gasteiger partial charge in [0.05, 0.1) is 0 Å². The predicted octanol–water partition coefficient (Wildman–Crippen LogP) is 4.23. The summed E-state index contributed by atoms with van der Waals surface area (Å²) in [5.41, 5.74) is 1.30. The van der Waals surface area contributed by atoms with Crippen LogP contribution in [0.3, 0.4) is 0 Å². The molecule has 2 aromatic carbocycles. The summed E-state index contributed by atoms with van der Waals surface area (Å²) < 4.78 is 0. The zero-order valence-electron chi connectivity index (χ0n) is 8.91. The Balaban J connectivity index is 0.000000280. The second kappa shape index (κ2) is 9.51. The molecule has 2 aromatic rings. The van der Waals surface area contributed by atoms with Crippen molar-refractivity contribution in [3.8, 4) is 0 Å². The molecule has 0 aliphatic carbocycles. The molecule has 0 saturated carbocycles. The Kier molecular flexibility index (Phi) is 8.85. The zero-order valence-corrected chi connectivity index (χ0v) is 10.0. The quantitative estimate of drug-likeness (QED) is 0.544. The van der Waals surface area contributed by atoms with Crippen molar-refractivity contribution in [3.05, 3.63) is 66.2 Å². The minimum atomic E-state index is 0. The molecular weight excluding hydrogens is 224 g/mol. The molecule has 0 atom stereocenters. The average Bonchev–Trinajstić information content (AvgIpc) is 2.90. The molecule has 0 N–H and O–H groups in total. The molecule has 0 spiro atoms. The minimum absolute atomic E-state index is 0. The van der Waals surface area contributed by atoms with Gasteiger partial charge in [-0.1, -0.05) is 13.3 Å². The first-order valence-corrected chi connectivity index (χ1v) is 4.98. The van der Waals surface area contributed by atoms with Gasteiger partial charge in [0.1, 0.15) is 0 Å². The topological polar surface area (TPSA) is 0 Å². The summed E-state index contributed by atoms with van der Waals surface area (Å²) in [5, 5.41) is 0. The van der Waals surface area contributed by atoms with Crippen LogP contribution in [0.4, 0.5) is 0 Å². The van der Waals surface area contributed by atoms with Crippen LogP contribution in [0.1, 0.15) is 18.9 Å². The van der Waals surface area contributed by atoms with E-state index in [0.717, 1.165) is 6.42 Å². The van der Waals surface area contributed by atoms with E-state index in [1.165, 1.54) is 5.56 Å². The normalized spacial score (nSPS) is 9.13. The molecule has 0 bridgehead atoms. The first-order valence-electron chi connectivity index (χ1n) is 4.98. The van der Waals surface area contributed by atoms with Gasteiger partial charge in [-0.2, -0.15) is 36.4 Å². The molecule has 15 heavy (non-hydrogen) atoms. The number of hydrogen-bond donors (Lipinski definition) is 0. The molecule has 0 aliphatic heterocycles. The van der Waals surface area contributed by atoms with Crippen LogP contribution in [-0.2, 0) is 17.1 Å². The molecule has 0 heterocycles. The van der Waals surface area contributed by atoms with Gasteiger partial charge in [-0.3, -0.25) is 0 Å². The molecule has 1 heteroatoms. The van der Waals surface area contributed by atoms with Gasteiger partial charge in [-0.25, -0.2) is 12.1 Å². The Morgan fingerprint density at radius 3 is 2.07 bits per heavy atom. The van der Waals surface area contributed by atoms with Crippen molar-refractivity contribution in [2.24, 2.45) is 0 Å². The van der Waals surface area contributed by atoms with E-state index >= 15 is 0 Å². The standard InChI is InChI=1S/C9H11.C5H5.Fe/c1-2-3-6-9-7-4-5-8-9;1-2-4-5-3-1;/h3-8H,2H2,1H3;1-5H;/q2*-1;+2. The summed E-state index contributed by atoms with van der Waals surface area (Å²) in [5.74, 6) is 0. The summed E-state index contributed by atoms with van der Waals surface area (Å²) >= 11 is 0. The zero-order chi connectivity index (χ0) is 10.1. The predicted molar refractivity (Wildman–Crippen MR) is 63.4 cm³/mol. The summed E-state index contributed by atoms with van der Waals surface area (Å²) in [4.78, 5) is 0. The van der Waals surface area contributed by atoms with Crippen molar-refractivity contribution in [2.75, 3.05) is 0 Å². The van der Waals surface area contributed by atoms with Gasteiger partial charge in [-0.15, -0.1) is 23.8 Å². The van der Waals surface area contributed by atoms with Crippen LogP contribution in [0.2, 0.25) is 0 Å². The van der Waals surface area contributed by atoms with Crippen LogP contribution in [0.25, 0.3) is 6.08 Å². The Hall–Kier alpha value is -1.04. The maximum atomic E-state index is 2.16. The van der Waals surface area contributed by atoms with E-state index in [4.69, 9.17) is 0 Å². The molecule has 0 amide bonds. The fraction of sp³-hybridized carbons (Fsp3) is 0.143. The first kappa shape index (κ1) is 14.0. The summed E-state index contributed by atoms with van der Waals surface area (Å²) in [6, 6.07) is 18.3. The maximum Gasteiger partial charge on any atom is 2.00 e. The summed E-state index contributed by atoms with van der Waals surface area (Å²) in [7, 11) is 0. The van der Waals surface area contributed by atoms with Gasteiger partial charge in [0.25, 0.3) is 0 Å². The van der Waals surface area contributed by atoms with Crippen molar-refractivity contribution in [1.82, 2.24) is 0 Å². The number of allylic oxidation sites excluding steroid dienone is 1. The van der Waals surface area contributed by atoms with Crippen LogP contribution >= 0.6 is 0 Å². The van der Waals surface area contributed by atoms with Gasteiger partial charge in [0.15, 0.2) is 0 Å². The monoisotopic (exact) mass is 240 g/mol. The Morgan fingerprint density at radius 2 is 1.67 bits per heavy atom. The van der Waals surface area contributed by atoms with E-state index in [1.807, 2.05) is 30.3 Å². The molecule has 0 aliphatic rings. The smallest absolute Gasteiger partial charge is 0.214 e. The Morgan fingerprint density at radius 1 is 1.07 bits per heavy atom. The van der Waals surface area contributed by atoms with Crippen molar-refractivity contribution in [1.29, 1.82) is 0 Å². The van der Waals surface area contributed by atoms with E-state index in [2.05, 4.69) is 43.3 Å². The van der Waals surface area contributed by atoms with Crippen LogP contribution in [-0.4, -0.2) is 0 Å². The van der Waals surface area contributed by atoms with E-state index in [-0.39, 0.29) is 17.1 Å². The summed E-state index contributed by atoms with van der Waals surface area (Å²) in [6.07, 6.45) is 5.42. The first-order chi connectivity index (χ1) is 6.93. The Bertz CT molecular complexity index is 297. The van der Waals surface area contributed by atoms with Crippen LogP contribution in [0, 0.1) is 0 Å². The molecule has 0 fully saturated rings. The van der Waals surface area contributed by atoms with Gasteiger partial charge < -0.3 is 0 Å². The second-order valence-corrected chi connectivity index (χ2v) is 2.99. The number of rotatable bonds is 2. The van der Waals surface area contributed by atoms with E-state index in [0.29, 0.717) is 0 Å². The fourth-order valence-corrected chi connectivity index (χ4v) is 1.07. The molecule has 0 nitrogen and oxygen atoms in total. The molecule has 2 rings (SSSR count). The largest absolute Gasteiger partial charge is 2.00 e. The Labute approximate surface area is 103 Å². The second-order valence-electron chi connectivity index (χ2n) is 2.99. The van der Waals surface area contributed by atoms with Crippen molar-refractivity contribution in [3.63, 3.8) is 0 Å². The van der Waals surface area contributed by atoms with Crippen LogP contribution < -0.4 is 0 Å². The van der Waals surface area contributed by atoms with Crippen LogP contribution in [0.5, 0.6) is 0 Å². The molecule has 0 unspecified atom stereocenters. The van der Waals surface area contributed by atoms with Gasteiger partial charge in [0.2, 0.25) is 0 Å². The third-order valence-electron chi connectivity index (χ3n) is 1.79. The average molecular weight is 240 g/mol. The molecule has 0 saturated heterocycles. The van der Waals surface area contributed by atoms with Crippen molar-refractivity contribution in [2.45, 2.75) is 13.3 Å². The maximum absolute atomic E-state index is 2.16. The molecule has 80 valence electrons. The molecule has 0 aromatic heterocycles. The van der Waals surface area contributed by atoms with Crippen molar-refractivity contribution >= 4 is 6.08 Å². The van der Waals surface area contributed by atoms with E-state index < -0.39 is 0 Å². The van der Waals surface area contributed by atoms with Gasteiger partial charge in [0, 0.05) is 0 Å². The van der Waals surface area contributed by atoms with Gasteiger partial charge in [-0.05, 0) is 0 Å². The van der Waals surface area contributed by atoms with E-state index in [9.17, 15) is 0 Å². The fourth-order valence-electron chi connectivity index (χ4n) is 1.07. The minimum Gasteiger partial charge on any atom is -0.214 e. The SMILES string of the molecule is CCC=C[c-]1cccc1.[Fe+2].c1cc[cH-]c1.